The first kappa shape index (κ1) is 18.2. The van der Waals surface area contributed by atoms with Crippen LogP contribution in [-0.4, -0.2) is 37.1 Å². The van der Waals surface area contributed by atoms with Gasteiger partial charge in [-0.3, -0.25) is 4.79 Å². The maximum Gasteiger partial charge on any atom is 0.471 e. The normalized spacial score (nSPS) is 14.3. The molecule has 114 valence electrons. The van der Waals surface area contributed by atoms with Crippen LogP contribution in [0.1, 0.15) is 40.5 Å². The van der Waals surface area contributed by atoms with Crippen LogP contribution in [0.4, 0.5) is 13.2 Å². The molecule has 0 aromatic heterocycles. The van der Waals surface area contributed by atoms with E-state index in [1.165, 1.54) is 13.8 Å². The zero-order valence-electron chi connectivity index (χ0n) is 11.8. The lowest BCUT2D eigenvalue weighted by molar-refractivity contribution is -0.178. The molecule has 0 heterocycles. The molecule has 4 nitrogen and oxygen atoms in total. The Bertz CT molecular complexity index is 280. The zero-order chi connectivity index (χ0) is 15.1. The first-order valence-corrected chi connectivity index (χ1v) is 6.21. The summed E-state index contributed by atoms with van der Waals surface area (Å²) in [6.45, 7) is 7.06. The Balaban J connectivity index is 4.06. The number of nitrogens with one attached hydrogen (secondary N) is 1. The molecule has 0 aromatic rings. The van der Waals surface area contributed by atoms with Crippen molar-refractivity contribution in [1.82, 2.24) is 5.32 Å². The van der Waals surface area contributed by atoms with Crippen LogP contribution in [0.15, 0.2) is 0 Å². The van der Waals surface area contributed by atoms with E-state index in [0.29, 0.717) is 6.61 Å². The Morgan fingerprint density at radius 1 is 1.26 bits per heavy atom. The number of halogens is 3. The smallest absolute Gasteiger partial charge is 0.353 e. The quantitative estimate of drug-likeness (QED) is 0.551. The van der Waals surface area contributed by atoms with E-state index >= 15 is 0 Å². The van der Waals surface area contributed by atoms with Crippen molar-refractivity contribution >= 4 is 5.91 Å². The standard InChI is InChI=1S/C12H22F3NO3/c1-5-6-7-18-9(2)19-8-11(3,4)16-10(17)12(13,14)15/h9H,5-8H2,1-4H3,(H,16,17). The molecule has 1 atom stereocenters. The summed E-state index contributed by atoms with van der Waals surface area (Å²) in [7, 11) is 0. The lowest BCUT2D eigenvalue weighted by Crippen LogP contribution is -2.52. The predicted octanol–water partition coefficient (Wildman–Crippen LogP) is 2.62. The molecule has 0 aliphatic heterocycles. The van der Waals surface area contributed by atoms with E-state index in [-0.39, 0.29) is 6.61 Å². The van der Waals surface area contributed by atoms with Crippen molar-refractivity contribution in [3.8, 4) is 0 Å². The number of rotatable bonds is 8. The fourth-order valence-corrected chi connectivity index (χ4v) is 1.18. The average Bonchev–Trinajstić information content (AvgIpc) is 2.25. The van der Waals surface area contributed by atoms with Gasteiger partial charge in [-0.25, -0.2) is 0 Å². The van der Waals surface area contributed by atoms with Gasteiger partial charge in [-0.05, 0) is 27.2 Å². The van der Waals surface area contributed by atoms with Gasteiger partial charge in [0.15, 0.2) is 6.29 Å². The maximum absolute atomic E-state index is 12.1. The second-order valence-corrected chi connectivity index (χ2v) is 4.94. The topological polar surface area (TPSA) is 47.6 Å². The molecule has 0 rings (SSSR count). The van der Waals surface area contributed by atoms with E-state index in [4.69, 9.17) is 9.47 Å². The molecular weight excluding hydrogens is 263 g/mol. The summed E-state index contributed by atoms with van der Waals surface area (Å²) in [6.07, 6.45) is -3.53. The average molecular weight is 285 g/mol. The van der Waals surface area contributed by atoms with E-state index in [1.54, 1.807) is 6.92 Å². The van der Waals surface area contributed by atoms with Crippen LogP contribution in [0.5, 0.6) is 0 Å². The predicted molar refractivity (Wildman–Crippen MR) is 64.6 cm³/mol. The van der Waals surface area contributed by atoms with Crippen molar-refractivity contribution in [2.45, 2.75) is 58.5 Å². The van der Waals surface area contributed by atoms with Gasteiger partial charge in [0.2, 0.25) is 0 Å². The highest BCUT2D eigenvalue weighted by Gasteiger charge is 2.41. The van der Waals surface area contributed by atoms with E-state index in [9.17, 15) is 18.0 Å². The van der Waals surface area contributed by atoms with E-state index in [0.717, 1.165) is 12.8 Å². The van der Waals surface area contributed by atoms with Gasteiger partial charge < -0.3 is 14.8 Å². The fourth-order valence-electron chi connectivity index (χ4n) is 1.18. The van der Waals surface area contributed by atoms with Crippen LogP contribution in [0, 0.1) is 0 Å². The lowest BCUT2D eigenvalue weighted by atomic mass is 10.1. The van der Waals surface area contributed by atoms with Gasteiger partial charge in [-0.1, -0.05) is 13.3 Å². The molecule has 0 aliphatic carbocycles. The van der Waals surface area contributed by atoms with Crippen molar-refractivity contribution in [2.75, 3.05) is 13.2 Å². The van der Waals surface area contributed by atoms with Gasteiger partial charge in [0.05, 0.1) is 12.1 Å². The number of unbranched alkanes of at least 4 members (excludes halogenated alkanes) is 1. The Hall–Kier alpha value is -0.820. The van der Waals surface area contributed by atoms with Gasteiger partial charge >= 0.3 is 12.1 Å². The van der Waals surface area contributed by atoms with Crippen molar-refractivity contribution in [3.63, 3.8) is 0 Å². The summed E-state index contributed by atoms with van der Waals surface area (Å²) < 4.78 is 46.9. The minimum absolute atomic E-state index is 0.0673. The number of ether oxygens (including phenoxy) is 2. The third-order valence-electron chi connectivity index (χ3n) is 2.24. The first-order chi connectivity index (χ1) is 8.58. The highest BCUT2D eigenvalue weighted by atomic mass is 19.4. The Morgan fingerprint density at radius 3 is 2.32 bits per heavy atom. The molecular formula is C12H22F3NO3. The molecule has 0 spiro atoms. The van der Waals surface area contributed by atoms with Crippen LogP contribution in [-0.2, 0) is 14.3 Å². The summed E-state index contributed by atoms with van der Waals surface area (Å²) >= 11 is 0. The number of alkyl halides is 3. The van der Waals surface area contributed by atoms with E-state index < -0.39 is 23.9 Å². The summed E-state index contributed by atoms with van der Waals surface area (Å²) in [5.41, 5.74) is -1.12. The summed E-state index contributed by atoms with van der Waals surface area (Å²) in [5, 5.41) is 1.87. The SMILES string of the molecule is CCCCOC(C)OCC(C)(C)NC(=O)C(F)(F)F. The monoisotopic (exact) mass is 285 g/mol. The second-order valence-electron chi connectivity index (χ2n) is 4.94. The van der Waals surface area contributed by atoms with Gasteiger partial charge in [0, 0.05) is 6.61 Å². The molecule has 0 fully saturated rings. The Labute approximate surface area is 111 Å². The van der Waals surface area contributed by atoms with Gasteiger partial charge in [0.1, 0.15) is 0 Å². The Morgan fingerprint density at radius 2 is 1.84 bits per heavy atom. The van der Waals surface area contributed by atoms with Crippen LogP contribution in [0.3, 0.4) is 0 Å². The maximum atomic E-state index is 12.1. The largest absolute Gasteiger partial charge is 0.471 e. The molecule has 0 aromatic carbocycles. The van der Waals surface area contributed by atoms with Crippen molar-refractivity contribution < 1.29 is 27.4 Å². The van der Waals surface area contributed by atoms with E-state index in [1.807, 2.05) is 12.2 Å². The fraction of sp³-hybridized carbons (Fsp3) is 0.917. The lowest BCUT2D eigenvalue weighted by Gasteiger charge is -2.28. The number of hydrogen-bond donors (Lipinski definition) is 1. The number of carbonyl (C=O) groups excluding carboxylic acids is 1. The number of amides is 1. The summed E-state index contributed by atoms with van der Waals surface area (Å²) in [5.74, 6) is -1.97. The van der Waals surface area contributed by atoms with Crippen LogP contribution in [0.2, 0.25) is 0 Å². The summed E-state index contributed by atoms with van der Waals surface area (Å²) in [4.78, 5) is 10.8. The summed E-state index contributed by atoms with van der Waals surface area (Å²) in [6, 6.07) is 0. The highest BCUT2D eigenvalue weighted by molar-refractivity contribution is 5.82. The van der Waals surface area contributed by atoms with Crippen LogP contribution in [0.25, 0.3) is 0 Å². The molecule has 19 heavy (non-hydrogen) atoms. The highest BCUT2D eigenvalue weighted by Crippen LogP contribution is 2.17. The minimum Gasteiger partial charge on any atom is -0.353 e. The first-order valence-electron chi connectivity index (χ1n) is 6.21. The number of hydrogen-bond acceptors (Lipinski definition) is 3. The van der Waals surface area contributed by atoms with Crippen molar-refractivity contribution in [1.29, 1.82) is 0 Å². The Kier molecular flexibility index (Phi) is 7.36. The third-order valence-corrected chi connectivity index (χ3v) is 2.24. The van der Waals surface area contributed by atoms with E-state index in [2.05, 4.69) is 0 Å². The molecule has 1 N–H and O–H groups in total. The molecule has 0 radical (unpaired) electrons. The molecule has 1 amide bonds. The molecule has 0 saturated heterocycles. The molecule has 0 aliphatic rings. The number of carbonyl (C=O) groups is 1. The van der Waals surface area contributed by atoms with Crippen LogP contribution < -0.4 is 5.32 Å². The van der Waals surface area contributed by atoms with Crippen molar-refractivity contribution in [3.05, 3.63) is 0 Å². The molecule has 7 heteroatoms. The molecule has 1 unspecified atom stereocenters. The molecule has 0 bridgehead atoms. The van der Waals surface area contributed by atoms with Gasteiger partial charge in [-0.15, -0.1) is 0 Å². The van der Waals surface area contributed by atoms with Gasteiger partial charge in [-0.2, -0.15) is 13.2 Å². The molecule has 0 saturated carbocycles. The minimum atomic E-state index is -4.89. The zero-order valence-corrected chi connectivity index (χ0v) is 11.8. The third kappa shape index (κ3) is 8.83. The van der Waals surface area contributed by atoms with Crippen LogP contribution >= 0.6 is 0 Å². The van der Waals surface area contributed by atoms with Gasteiger partial charge in [0.25, 0.3) is 0 Å². The van der Waals surface area contributed by atoms with Crippen molar-refractivity contribution in [2.24, 2.45) is 0 Å². The second kappa shape index (κ2) is 7.69.